The number of hydrogen-bond donors (Lipinski definition) is 0. The molecule has 0 bridgehead atoms. The number of aryl methyl sites for hydroxylation is 1. The lowest BCUT2D eigenvalue weighted by molar-refractivity contribution is 0.00634. The molecule has 2 rings (SSSR count). The molecular weight excluding hydrogens is 166 g/mol. The highest BCUT2D eigenvalue weighted by molar-refractivity contribution is 5.02. The Morgan fingerprint density at radius 2 is 2.54 bits per heavy atom. The third-order valence-corrected chi connectivity index (χ3v) is 2.65. The molecule has 13 heavy (non-hydrogen) atoms. The molecule has 0 spiro atoms. The fourth-order valence-corrected chi connectivity index (χ4v) is 1.85. The molecule has 1 aromatic rings. The van der Waals surface area contributed by atoms with Gasteiger partial charge in [-0.3, -0.25) is 0 Å². The molecule has 0 saturated carbocycles. The average Bonchev–Trinajstić information content (AvgIpc) is 2.72. The van der Waals surface area contributed by atoms with E-state index in [9.17, 15) is 0 Å². The second-order valence-electron chi connectivity index (χ2n) is 3.62. The Morgan fingerprint density at radius 1 is 1.69 bits per heavy atom. The van der Waals surface area contributed by atoms with Crippen molar-refractivity contribution in [3.05, 3.63) is 12.2 Å². The van der Waals surface area contributed by atoms with E-state index in [1.807, 2.05) is 4.57 Å². The molecule has 1 fully saturated rings. The smallest absolute Gasteiger partial charge is 0.164 e. The lowest BCUT2D eigenvalue weighted by Crippen LogP contribution is -2.25. The minimum atomic E-state index is -0.202. The maximum absolute atomic E-state index is 5.70. The minimum absolute atomic E-state index is 0.202. The van der Waals surface area contributed by atoms with Gasteiger partial charge in [-0.05, 0) is 26.7 Å². The zero-order valence-electron chi connectivity index (χ0n) is 8.16. The minimum Gasteiger partial charge on any atom is -0.367 e. The highest BCUT2D eigenvalue weighted by Crippen LogP contribution is 2.33. The first-order chi connectivity index (χ1) is 6.26. The fourth-order valence-electron chi connectivity index (χ4n) is 1.85. The summed E-state index contributed by atoms with van der Waals surface area (Å²) < 4.78 is 7.75. The van der Waals surface area contributed by atoms with Crippen molar-refractivity contribution in [1.29, 1.82) is 0 Å². The first-order valence-corrected chi connectivity index (χ1v) is 4.78. The van der Waals surface area contributed by atoms with E-state index in [4.69, 9.17) is 4.74 Å². The summed E-state index contributed by atoms with van der Waals surface area (Å²) in [6, 6.07) is 0. The van der Waals surface area contributed by atoms with Crippen molar-refractivity contribution in [3.63, 3.8) is 0 Å². The summed E-state index contributed by atoms with van der Waals surface area (Å²) in [6.45, 7) is 5.93. The van der Waals surface area contributed by atoms with Crippen LogP contribution in [0.5, 0.6) is 0 Å². The van der Waals surface area contributed by atoms with Gasteiger partial charge in [-0.15, -0.1) is 10.2 Å². The molecule has 4 heteroatoms. The van der Waals surface area contributed by atoms with Crippen LogP contribution >= 0.6 is 0 Å². The Kier molecular flexibility index (Phi) is 2.07. The molecule has 0 amide bonds. The van der Waals surface area contributed by atoms with Gasteiger partial charge >= 0.3 is 0 Å². The summed E-state index contributed by atoms with van der Waals surface area (Å²) in [5, 5.41) is 8.04. The molecule has 1 unspecified atom stereocenters. The van der Waals surface area contributed by atoms with Crippen LogP contribution in [0.3, 0.4) is 0 Å². The van der Waals surface area contributed by atoms with Gasteiger partial charge in [-0.1, -0.05) is 0 Å². The Labute approximate surface area is 77.9 Å². The molecule has 0 aromatic carbocycles. The van der Waals surface area contributed by atoms with Crippen molar-refractivity contribution >= 4 is 0 Å². The monoisotopic (exact) mass is 181 g/mol. The molecule has 1 aromatic heterocycles. The predicted octanol–water partition coefficient (Wildman–Crippen LogP) is 1.32. The van der Waals surface area contributed by atoms with E-state index in [0.717, 1.165) is 31.8 Å². The molecule has 2 heterocycles. The van der Waals surface area contributed by atoms with Crippen molar-refractivity contribution in [1.82, 2.24) is 14.8 Å². The van der Waals surface area contributed by atoms with E-state index in [2.05, 4.69) is 24.0 Å². The Morgan fingerprint density at radius 3 is 3.15 bits per heavy atom. The van der Waals surface area contributed by atoms with Gasteiger partial charge in [0.05, 0.1) is 0 Å². The van der Waals surface area contributed by atoms with Crippen molar-refractivity contribution in [2.75, 3.05) is 6.61 Å². The lowest BCUT2D eigenvalue weighted by Gasteiger charge is -2.22. The normalized spacial score (nSPS) is 28.2. The van der Waals surface area contributed by atoms with Gasteiger partial charge < -0.3 is 9.30 Å². The largest absolute Gasteiger partial charge is 0.367 e. The molecule has 0 N–H and O–H groups in total. The van der Waals surface area contributed by atoms with Gasteiger partial charge in [0.1, 0.15) is 11.9 Å². The van der Waals surface area contributed by atoms with Crippen LogP contribution in [0.2, 0.25) is 0 Å². The molecule has 4 nitrogen and oxygen atoms in total. The highest BCUT2D eigenvalue weighted by atomic mass is 16.5. The van der Waals surface area contributed by atoms with Crippen LogP contribution in [0.4, 0.5) is 0 Å². The van der Waals surface area contributed by atoms with E-state index in [1.165, 1.54) is 0 Å². The van der Waals surface area contributed by atoms with Crippen molar-refractivity contribution in [2.45, 2.75) is 38.8 Å². The molecule has 72 valence electrons. The third-order valence-electron chi connectivity index (χ3n) is 2.65. The standard InChI is InChI=1S/C9H15N3O/c1-3-12-7-10-11-8(12)9(2)5-4-6-13-9/h7H,3-6H2,1-2H3. The maximum Gasteiger partial charge on any atom is 0.164 e. The molecule has 0 aliphatic carbocycles. The SMILES string of the molecule is CCn1cnnc1C1(C)CCCO1. The number of rotatable bonds is 2. The fraction of sp³-hybridized carbons (Fsp3) is 0.778. The zero-order valence-corrected chi connectivity index (χ0v) is 8.16. The van der Waals surface area contributed by atoms with Gasteiger partial charge in [0.15, 0.2) is 5.82 Å². The molecule has 1 aliphatic rings. The average molecular weight is 181 g/mol. The Bertz CT molecular complexity index is 289. The summed E-state index contributed by atoms with van der Waals surface area (Å²) in [6.07, 6.45) is 3.93. The quantitative estimate of drug-likeness (QED) is 0.691. The van der Waals surface area contributed by atoms with Crippen LogP contribution in [0.25, 0.3) is 0 Å². The topological polar surface area (TPSA) is 39.9 Å². The summed E-state index contributed by atoms with van der Waals surface area (Å²) >= 11 is 0. The predicted molar refractivity (Wildman–Crippen MR) is 48.2 cm³/mol. The van der Waals surface area contributed by atoms with E-state index in [1.54, 1.807) is 6.33 Å². The summed E-state index contributed by atoms with van der Waals surface area (Å²) in [7, 11) is 0. The van der Waals surface area contributed by atoms with E-state index in [-0.39, 0.29) is 5.60 Å². The van der Waals surface area contributed by atoms with Gasteiger partial charge in [0, 0.05) is 13.2 Å². The molecule has 0 radical (unpaired) electrons. The van der Waals surface area contributed by atoms with Crippen molar-refractivity contribution in [3.8, 4) is 0 Å². The summed E-state index contributed by atoms with van der Waals surface area (Å²) in [4.78, 5) is 0. The highest BCUT2D eigenvalue weighted by Gasteiger charge is 2.36. The van der Waals surface area contributed by atoms with Gasteiger partial charge in [-0.2, -0.15) is 0 Å². The van der Waals surface area contributed by atoms with E-state index < -0.39 is 0 Å². The number of nitrogens with zero attached hydrogens (tertiary/aromatic N) is 3. The summed E-state index contributed by atoms with van der Waals surface area (Å²) in [5.41, 5.74) is -0.202. The van der Waals surface area contributed by atoms with E-state index >= 15 is 0 Å². The second kappa shape index (κ2) is 3.10. The van der Waals surface area contributed by atoms with Crippen LogP contribution in [0, 0.1) is 0 Å². The van der Waals surface area contributed by atoms with Crippen LogP contribution in [0.1, 0.15) is 32.5 Å². The van der Waals surface area contributed by atoms with Crippen molar-refractivity contribution < 1.29 is 4.74 Å². The number of aromatic nitrogens is 3. The first kappa shape index (κ1) is 8.69. The Balaban J connectivity index is 2.32. The summed E-state index contributed by atoms with van der Waals surface area (Å²) in [5.74, 6) is 0.965. The second-order valence-corrected chi connectivity index (χ2v) is 3.62. The number of hydrogen-bond acceptors (Lipinski definition) is 3. The van der Waals surface area contributed by atoms with Crippen molar-refractivity contribution in [2.24, 2.45) is 0 Å². The molecule has 1 saturated heterocycles. The first-order valence-electron chi connectivity index (χ1n) is 4.78. The molecular formula is C9H15N3O. The van der Waals surface area contributed by atoms with Gasteiger partial charge in [0.25, 0.3) is 0 Å². The Hall–Kier alpha value is -0.900. The lowest BCUT2D eigenvalue weighted by atomic mass is 10.0. The third kappa shape index (κ3) is 1.35. The maximum atomic E-state index is 5.70. The van der Waals surface area contributed by atoms with Crippen LogP contribution in [-0.4, -0.2) is 21.4 Å². The van der Waals surface area contributed by atoms with E-state index in [0.29, 0.717) is 0 Å². The van der Waals surface area contributed by atoms with Crippen LogP contribution in [-0.2, 0) is 16.9 Å². The van der Waals surface area contributed by atoms with Gasteiger partial charge in [0.2, 0.25) is 0 Å². The molecule has 1 aliphatic heterocycles. The molecule has 1 atom stereocenters. The number of ether oxygens (including phenoxy) is 1. The van der Waals surface area contributed by atoms with Gasteiger partial charge in [-0.25, -0.2) is 0 Å². The zero-order chi connectivity index (χ0) is 9.31. The van der Waals surface area contributed by atoms with Crippen LogP contribution in [0.15, 0.2) is 6.33 Å². The van der Waals surface area contributed by atoms with Crippen LogP contribution < -0.4 is 0 Å².